The molecule has 0 aliphatic carbocycles. The Morgan fingerprint density at radius 1 is 1.36 bits per heavy atom. The average molecular weight is 333 g/mol. The molecule has 0 fully saturated rings. The molecule has 0 spiro atoms. The maximum absolute atomic E-state index is 12.7. The van der Waals surface area contributed by atoms with Crippen LogP contribution < -0.4 is 0 Å². The average Bonchev–Trinajstić information content (AvgIpc) is 2.93. The first kappa shape index (κ1) is 16.6. The van der Waals surface area contributed by atoms with Gasteiger partial charge in [-0.15, -0.1) is 0 Å². The zero-order valence-electron chi connectivity index (χ0n) is 12.7. The Balaban J connectivity index is 2.32. The first-order valence-corrected chi connectivity index (χ1v) is 7.86. The van der Waals surface area contributed by atoms with Gasteiger partial charge >= 0.3 is 6.55 Å². The minimum Gasteiger partial charge on any atom is -0.275 e. The minimum atomic E-state index is -3.91. The Labute approximate surface area is 127 Å². The molecule has 0 N–H and O–H groups in total. The van der Waals surface area contributed by atoms with Crippen LogP contribution in [-0.4, -0.2) is 39.3 Å². The van der Waals surface area contributed by atoms with Gasteiger partial charge in [0.15, 0.2) is 0 Å². The number of aromatic nitrogens is 4. The van der Waals surface area contributed by atoms with Gasteiger partial charge in [0.1, 0.15) is 4.90 Å². The molecule has 0 aliphatic heterocycles. The third kappa shape index (κ3) is 2.88. The summed E-state index contributed by atoms with van der Waals surface area (Å²) in [6.45, 7) is 0.293. The van der Waals surface area contributed by atoms with E-state index in [4.69, 9.17) is 0 Å². The molecule has 22 heavy (non-hydrogen) atoms. The van der Waals surface area contributed by atoms with Crippen LogP contribution >= 0.6 is 0 Å². The standard InChI is InChI=1S/C12H17F2N5O2S/c1-8-10(6-17(3)16-8)7-18(4)22(20,21)11-5-15-19(9(11)2)12(13)14/h5-6,12H,7H2,1-4H3. The van der Waals surface area contributed by atoms with Crippen LogP contribution in [0.2, 0.25) is 0 Å². The number of nitrogens with zero attached hydrogens (tertiary/aromatic N) is 5. The highest BCUT2D eigenvalue weighted by Crippen LogP contribution is 2.23. The van der Waals surface area contributed by atoms with Crippen molar-refractivity contribution in [3.05, 3.63) is 29.3 Å². The fraction of sp³-hybridized carbons (Fsp3) is 0.500. The summed E-state index contributed by atoms with van der Waals surface area (Å²) in [7, 11) is -0.781. The van der Waals surface area contributed by atoms with Gasteiger partial charge < -0.3 is 0 Å². The maximum Gasteiger partial charge on any atom is 0.333 e. The lowest BCUT2D eigenvalue weighted by atomic mass is 10.3. The monoisotopic (exact) mass is 333 g/mol. The fourth-order valence-electron chi connectivity index (χ4n) is 2.15. The molecule has 2 aromatic rings. The number of hydrogen-bond acceptors (Lipinski definition) is 4. The van der Waals surface area contributed by atoms with E-state index in [2.05, 4.69) is 10.2 Å². The highest BCUT2D eigenvalue weighted by Gasteiger charge is 2.28. The van der Waals surface area contributed by atoms with Gasteiger partial charge in [0.25, 0.3) is 0 Å². The van der Waals surface area contributed by atoms with Crippen LogP contribution in [-0.2, 0) is 23.6 Å². The maximum atomic E-state index is 12.7. The van der Waals surface area contributed by atoms with E-state index in [-0.39, 0.29) is 17.1 Å². The van der Waals surface area contributed by atoms with Crippen LogP contribution in [0.1, 0.15) is 23.5 Å². The van der Waals surface area contributed by atoms with Crippen molar-refractivity contribution in [3.63, 3.8) is 0 Å². The molecule has 0 radical (unpaired) electrons. The molecule has 0 atom stereocenters. The van der Waals surface area contributed by atoms with Gasteiger partial charge in [-0.3, -0.25) is 4.68 Å². The number of aryl methyl sites for hydroxylation is 2. The molecule has 2 rings (SSSR count). The quantitative estimate of drug-likeness (QED) is 0.830. The molecule has 0 bridgehead atoms. The van der Waals surface area contributed by atoms with Crippen molar-refractivity contribution in [1.29, 1.82) is 0 Å². The van der Waals surface area contributed by atoms with Gasteiger partial charge in [-0.05, 0) is 13.8 Å². The number of alkyl halides is 2. The second kappa shape index (κ2) is 5.76. The molecule has 10 heteroatoms. The zero-order valence-corrected chi connectivity index (χ0v) is 13.5. The van der Waals surface area contributed by atoms with Crippen LogP contribution in [0.3, 0.4) is 0 Å². The number of halogens is 2. The van der Waals surface area contributed by atoms with Gasteiger partial charge in [-0.25, -0.2) is 13.1 Å². The van der Waals surface area contributed by atoms with E-state index in [9.17, 15) is 17.2 Å². The van der Waals surface area contributed by atoms with Crippen molar-refractivity contribution in [2.24, 2.45) is 7.05 Å². The van der Waals surface area contributed by atoms with Crippen LogP contribution in [0, 0.1) is 13.8 Å². The predicted molar refractivity (Wildman–Crippen MR) is 74.8 cm³/mol. The second-order valence-electron chi connectivity index (χ2n) is 4.99. The van der Waals surface area contributed by atoms with Crippen LogP contribution in [0.5, 0.6) is 0 Å². The smallest absolute Gasteiger partial charge is 0.275 e. The molecule has 0 amide bonds. The summed E-state index contributed by atoms with van der Waals surface area (Å²) in [6, 6.07) is 0. The van der Waals surface area contributed by atoms with Crippen molar-refractivity contribution < 1.29 is 17.2 Å². The minimum absolute atomic E-state index is 0.0928. The largest absolute Gasteiger partial charge is 0.333 e. The zero-order chi connectivity index (χ0) is 16.7. The van der Waals surface area contributed by atoms with Crippen molar-refractivity contribution in [1.82, 2.24) is 23.9 Å². The molecule has 122 valence electrons. The lowest BCUT2D eigenvalue weighted by molar-refractivity contribution is 0.0541. The summed E-state index contributed by atoms with van der Waals surface area (Å²) in [5.41, 5.74) is 1.36. The molecule has 0 unspecified atom stereocenters. The van der Waals surface area contributed by atoms with Gasteiger partial charge in [0.05, 0.1) is 17.6 Å². The molecular weight excluding hydrogens is 316 g/mol. The third-order valence-electron chi connectivity index (χ3n) is 3.38. The topological polar surface area (TPSA) is 73.0 Å². The first-order valence-electron chi connectivity index (χ1n) is 6.42. The Hall–Kier alpha value is -1.81. The molecule has 0 aromatic carbocycles. The lowest BCUT2D eigenvalue weighted by Crippen LogP contribution is -2.27. The third-order valence-corrected chi connectivity index (χ3v) is 5.29. The van der Waals surface area contributed by atoms with Crippen LogP contribution in [0.4, 0.5) is 8.78 Å². The predicted octanol–water partition coefficient (Wildman–Crippen LogP) is 1.45. The fourth-order valence-corrected chi connectivity index (χ4v) is 3.45. The summed E-state index contributed by atoms with van der Waals surface area (Å²) in [5, 5.41) is 7.58. The Kier molecular flexibility index (Phi) is 4.34. The summed E-state index contributed by atoms with van der Waals surface area (Å²) < 4.78 is 53.5. The number of sulfonamides is 1. The Morgan fingerprint density at radius 2 is 2.00 bits per heavy atom. The van der Waals surface area contributed by atoms with E-state index in [1.807, 2.05) is 0 Å². The van der Waals surface area contributed by atoms with Crippen LogP contribution in [0.15, 0.2) is 17.3 Å². The number of rotatable bonds is 5. The highest BCUT2D eigenvalue weighted by molar-refractivity contribution is 7.89. The van der Waals surface area contributed by atoms with Crippen molar-refractivity contribution in [2.45, 2.75) is 31.8 Å². The number of hydrogen-bond donors (Lipinski definition) is 0. The second-order valence-corrected chi connectivity index (χ2v) is 7.00. The van der Waals surface area contributed by atoms with E-state index in [0.29, 0.717) is 10.4 Å². The van der Waals surface area contributed by atoms with Gasteiger partial charge in [0.2, 0.25) is 10.0 Å². The van der Waals surface area contributed by atoms with E-state index >= 15 is 0 Å². The summed E-state index contributed by atoms with van der Waals surface area (Å²) in [4.78, 5) is -0.225. The van der Waals surface area contributed by atoms with Gasteiger partial charge in [-0.2, -0.15) is 23.3 Å². The molecule has 0 saturated carbocycles. The van der Waals surface area contributed by atoms with E-state index < -0.39 is 16.6 Å². The molecule has 2 aromatic heterocycles. The molecule has 7 nitrogen and oxygen atoms in total. The van der Waals surface area contributed by atoms with Crippen molar-refractivity contribution in [2.75, 3.05) is 7.05 Å². The molecule has 0 aliphatic rings. The van der Waals surface area contributed by atoms with E-state index in [1.165, 1.54) is 14.0 Å². The first-order chi connectivity index (χ1) is 10.1. The molecule has 2 heterocycles. The normalized spacial score (nSPS) is 12.5. The Morgan fingerprint density at radius 3 is 2.45 bits per heavy atom. The summed E-state index contributed by atoms with van der Waals surface area (Å²) in [5.74, 6) is 0. The molecule has 0 saturated heterocycles. The van der Waals surface area contributed by atoms with Crippen molar-refractivity contribution >= 4 is 10.0 Å². The lowest BCUT2D eigenvalue weighted by Gasteiger charge is -2.16. The summed E-state index contributed by atoms with van der Waals surface area (Å²) in [6.07, 6.45) is 2.67. The molecular formula is C12H17F2N5O2S. The Bertz CT molecular complexity index is 782. The SMILES string of the molecule is Cc1nn(C)cc1CN(C)S(=O)(=O)c1cnn(C(F)F)c1C. The van der Waals surface area contributed by atoms with Crippen molar-refractivity contribution in [3.8, 4) is 0 Å². The van der Waals surface area contributed by atoms with E-state index in [0.717, 1.165) is 16.1 Å². The van der Waals surface area contributed by atoms with Gasteiger partial charge in [-0.1, -0.05) is 0 Å². The summed E-state index contributed by atoms with van der Waals surface area (Å²) >= 11 is 0. The van der Waals surface area contributed by atoms with E-state index in [1.54, 1.807) is 24.9 Å². The van der Waals surface area contributed by atoms with Gasteiger partial charge in [0, 0.05) is 32.4 Å². The highest BCUT2D eigenvalue weighted by atomic mass is 32.2. The van der Waals surface area contributed by atoms with Crippen LogP contribution in [0.25, 0.3) is 0 Å².